The first-order valence-corrected chi connectivity index (χ1v) is 6.01. The summed E-state index contributed by atoms with van der Waals surface area (Å²) in [5, 5.41) is 7.91. The van der Waals surface area contributed by atoms with Gasteiger partial charge in [0, 0.05) is 18.8 Å². The molecule has 0 fully saturated rings. The maximum absolute atomic E-state index is 12.6. The van der Waals surface area contributed by atoms with Gasteiger partial charge in [-0.25, -0.2) is 4.98 Å². The van der Waals surface area contributed by atoms with Crippen LogP contribution in [-0.2, 0) is 13.2 Å². The van der Waals surface area contributed by atoms with E-state index in [0.717, 1.165) is 6.20 Å². The summed E-state index contributed by atoms with van der Waals surface area (Å²) >= 11 is 5.75. The van der Waals surface area contributed by atoms with Crippen molar-refractivity contribution >= 4 is 11.6 Å². The van der Waals surface area contributed by atoms with Gasteiger partial charge in [-0.3, -0.25) is 0 Å². The molecule has 0 aliphatic heterocycles. The van der Waals surface area contributed by atoms with E-state index in [-0.39, 0.29) is 5.82 Å². The Bertz CT molecular complexity index is 653. The predicted octanol–water partition coefficient (Wildman–Crippen LogP) is 3.91. The first-order chi connectivity index (χ1) is 9.32. The number of halogens is 4. The van der Waals surface area contributed by atoms with Crippen molar-refractivity contribution in [3.63, 3.8) is 0 Å². The molecule has 1 heterocycles. The predicted molar refractivity (Wildman–Crippen MR) is 67.9 cm³/mol. The van der Waals surface area contributed by atoms with Gasteiger partial charge in [-0.1, -0.05) is 24.3 Å². The molecule has 104 valence electrons. The lowest BCUT2D eigenvalue weighted by atomic mass is 10.1. The molecular weight excluding hydrogens is 291 g/mol. The molecule has 2 aromatic rings. The summed E-state index contributed by atoms with van der Waals surface area (Å²) in [6.07, 6.45) is -3.54. The number of alkyl halides is 4. The molecule has 0 aliphatic carbocycles. The quantitative estimate of drug-likeness (QED) is 0.789. The maximum atomic E-state index is 12.6. The molecule has 20 heavy (non-hydrogen) atoms. The second-order valence-electron chi connectivity index (χ2n) is 4.17. The third-order valence-electron chi connectivity index (χ3n) is 2.74. The Morgan fingerprint density at radius 3 is 2.35 bits per heavy atom. The monoisotopic (exact) mass is 299 g/mol. The van der Waals surface area contributed by atoms with E-state index in [1.165, 1.54) is 11.6 Å². The van der Waals surface area contributed by atoms with E-state index in [2.05, 4.69) is 4.98 Å². The Balaban J connectivity index is 2.38. The summed E-state index contributed by atoms with van der Waals surface area (Å²) in [6, 6.07) is 8.24. The molecule has 3 nitrogen and oxygen atoms in total. The molecule has 0 amide bonds. The second kappa shape index (κ2) is 5.17. The van der Waals surface area contributed by atoms with Crippen LogP contribution in [0.25, 0.3) is 11.4 Å². The molecule has 0 bridgehead atoms. The number of nitriles is 1. The highest BCUT2D eigenvalue weighted by Crippen LogP contribution is 2.31. The Morgan fingerprint density at radius 1 is 1.30 bits per heavy atom. The number of hydrogen-bond acceptors (Lipinski definition) is 2. The summed E-state index contributed by atoms with van der Waals surface area (Å²) in [5.74, 6) is 0.201. The highest BCUT2D eigenvalue weighted by Gasteiger charge is 2.34. The lowest BCUT2D eigenvalue weighted by Gasteiger charge is -2.04. The minimum absolute atomic E-state index is 0.201. The molecule has 0 saturated carbocycles. The van der Waals surface area contributed by atoms with E-state index >= 15 is 0 Å². The first-order valence-electron chi connectivity index (χ1n) is 5.57. The van der Waals surface area contributed by atoms with E-state index in [0.29, 0.717) is 11.1 Å². The van der Waals surface area contributed by atoms with Crippen molar-refractivity contribution in [2.45, 2.75) is 11.6 Å². The molecule has 0 aliphatic rings. The minimum atomic E-state index is -4.47. The molecule has 0 spiro atoms. The van der Waals surface area contributed by atoms with Crippen LogP contribution >= 0.6 is 11.6 Å². The van der Waals surface area contributed by atoms with Crippen molar-refractivity contribution in [2.24, 2.45) is 7.05 Å². The zero-order chi connectivity index (χ0) is 14.9. The van der Waals surface area contributed by atoms with E-state index in [9.17, 15) is 13.2 Å². The summed E-state index contributed by atoms with van der Waals surface area (Å²) in [7, 11) is 1.49. The number of benzene rings is 1. The Kier molecular flexibility index (Phi) is 3.73. The normalized spacial score (nSPS) is 13.0. The van der Waals surface area contributed by atoms with E-state index < -0.39 is 17.2 Å². The fourth-order valence-corrected chi connectivity index (χ4v) is 1.89. The second-order valence-corrected chi connectivity index (χ2v) is 4.61. The van der Waals surface area contributed by atoms with E-state index in [4.69, 9.17) is 16.9 Å². The summed E-state index contributed by atoms with van der Waals surface area (Å²) in [5.41, 5.74) is 0.169. The van der Waals surface area contributed by atoms with Gasteiger partial charge in [0.05, 0.1) is 6.07 Å². The zero-order valence-electron chi connectivity index (χ0n) is 10.3. The lowest BCUT2D eigenvalue weighted by molar-refractivity contribution is -0.140. The average molecular weight is 300 g/mol. The summed E-state index contributed by atoms with van der Waals surface area (Å²) in [4.78, 5) is 3.59. The highest BCUT2D eigenvalue weighted by molar-refractivity contribution is 6.22. The van der Waals surface area contributed by atoms with Crippen molar-refractivity contribution in [3.05, 3.63) is 41.7 Å². The molecular formula is C13H9ClF3N3. The average Bonchev–Trinajstić information content (AvgIpc) is 2.80. The number of aryl methyl sites for hydroxylation is 1. The van der Waals surface area contributed by atoms with E-state index in [1.807, 2.05) is 6.07 Å². The van der Waals surface area contributed by atoms with Crippen LogP contribution in [0.4, 0.5) is 13.2 Å². The number of rotatable bonds is 2. The van der Waals surface area contributed by atoms with Gasteiger partial charge in [0.25, 0.3) is 0 Å². The van der Waals surface area contributed by atoms with Gasteiger partial charge in [-0.05, 0) is 5.56 Å². The van der Waals surface area contributed by atoms with Crippen molar-refractivity contribution in [2.75, 3.05) is 0 Å². The first kappa shape index (κ1) is 14.4. The van der Waals surface area contributed by atoms with Gasteiger partial charge in [-0.2, -0.15) is 18.4 Å². The minimum Gasteiger partial charge on any atom is -0.333 e. The van der Waals surface area contributed by atoms with Gasteiger partial charge in [0.15, 0.2) is 5.69 Å². The molecule has 1 unspecified atom stereocenters. The van der Waals surface area contributed by atoms with Crippen molar-refractivity contribution in [3.8, 4) is 17.5 Å². The fourth-order valence-electron chi connectivity index (χ4n) is 1.75. The van der Waals surface area contributed by atoms with Crippen molar-refractivity contribution < 1.29 is 13.2 Å². The molecule has 0 radical (unpaired) electrons. The van der Waals surface area contributed by atoms with Crippen LogP contribution in [0.2, 0.25) is 0 Å². The molecule has 1 aromatic carbocycles. The molecule has 1 aromatic heterocycles. The smallest absolute Gasteiger partial charge is 0.333 e. The Morgan fingerprint density at radius 2 is 1.90 bits per heavy atom. The SMILES string of the molecule is Cn1cc(C(F)(F)F)nc1-c1ccc(C(Cl)C#N)cc1. The number of aromatic nitrogens is 2. The standard InChI is InChI=1S/C13H9ClF3N3/c1-20-7-11(13(15,16)17)19-12(20)9-4-2-8(3-5-9)10(14)6-18/h2-5,7,10H,1H3. The fraction of sp³-hybridized carbons (Fsp3) is 0.231. The van der Waals surface area contributed by atoms with Gasteiger partial charge < -0.3 is 4.57 Å². The topological polar surface area (TPSA) is 41.6 Å². The Labute approximate surface area is 118 Å². The number of hydrogen-bond donors (Lipinski definition) is 0. The molecule has 0 N–H and O–H groups in total. The van der Waals surface area contributed by atoms with Crippen LogP contribution in [-0.4, -0.2) is 9.55 Å². The van der Waals surface area contributed by atoms with Crippen LogP contribution in [0, 0.1) is 11.3 Å². The molecule has 2 rings (SSSR count). The Hall–Kier alpha value is -2.00. The van der Waals surface area contributed by atoms with Gasteiger partial charge in [0.1, 0.15) is 11.2 Å². The maximum Gasteiger partial charge on any atom is 0.434 e. The van der Waals surface area contributed by atoms with Crippen LogP contribution < -0.4 is 0 Å². The van der Waals surface area contributed by atoms with E-state index in [1.54, 1.807) is 24.3 Å². The molecule has 1 atom stereocenters. The van der Waals surface area contributed by atoms with Crippen LogP contribution in [0.3, 0.4) is 0 Å². The molecule has 0 saturated heterocycles. The third kappa shape index (κ3) is 2.78. The summed E-state index contributed by atoms with van der Waals surface area (Å²) < 4.78 is 39.1. The number of imidazole rings is 1. The number of nitrogens with zero attached hydrogens (tertiary/aromatic N) is 3. The van der Waals surface area contributed by atoms with Gasteiger partial charge in [-0.15, -0.1) is 11.6 Å². The zero-order valence-corrected chi connectivity index (χ0v) is 11.1. The summed E-state index contributed by atoms with van der Waals surface area (Å²) in [6.45, 7) is 0. The van der Waals surface area contributed by atoms with Gasteiger partial charge in [0.2, 0.25) is 0 Å². The highest BCUT2D eigenvalue weighted by atomic mass is 35.5. The molecule has 7 heteroatoms. The van der Waals surface area contributed by atoms with Gasteiger partial charge >= 0.3 is 6.18 Å². The van der Waals surface area contributed by atoms with Crippen molar-refractivity contribution in [1.29, 1.82) is 5.26 Å². The van der Waals surface area contributed by atoms with Crippen LogP contribution in [0.1, 0.15) is 16.6 Å². The lowest BCUT2D eigenvalue weighted by Crippen LogP contribution is -2.04. The van der Waals surface area contributed by atoms with Crippen LogP contribution in [0.5, 0.6) is 0 Å². The van der Waals surface area contributed by atoms with Crippen molar-refractivity contribution in [1.82, 2.24) is 9.55 Å². The third-order valence-corrected chi connectivity index (χ3v) is 3.09. The van der Waals surface area contributed by atoms with Crippen LogP contribution in [0.15, 0.2) is 30.5 Å². The largest absolute Gasteiger partial charge is 0.434 e.